The number of aromatic nitrogens is 2. The van der Waals surface area contributed by atoms with Gasteiger partial charge >= 0.3 is 22.2 Å². The first-order valence-corrected chi connectivity index (χ1v) is 9.22. The molecule has 2 unspecified atom stereocenters. The number of nitrogens with zero attached hydrogens (tertiary/aromatic N) is 2. The van der Waals surface area contributed by atoms with Crippen LogP contribution in [0.4, 0.5) is 5.82 Å². The lowest BCUT2D eigenvalue weighted by atomic mass is 10.1. The number of rotatable bonds is 4. The molecule has 0 bridgehead atoms. The van der Waals surface area contributed by atoms with Crippen molar-refractivity contribution >= 4 is 22.3 Å². The zero-order chi connectivity index (χ0) is 19.3. The number of aliphatic hydroxyl groups is 3. The van der Waals surface area contributed by atoms with Gasteiger partial charge in [0, 0.05) is 11.8 Å². The van der Waals surface area contributed by atoms with Crippen molar-refractivity contribution in [3.05, 3.63) is 22.2 Å². The molecular formula is C10H19N3O10P2. The van der Waals surface area contributed by atoms with E-state index in [0.29, 0.717) is 5.56 Å². The minimum absolute atomic E-state index is 0.1000. The predicted octanol–water partition coefficient (Wildman–Crippen LogP) is -2.49. The van der Waals surface area contributed by atoms with Crippen LogP contribution in [0.5, 0.6) is 0 Å². The minimum Gasteiger partial charge on any atom is -0.394 e. The molecule has 0 aliphatic carbocycles. The predicted molar refractivity (Wildman–Crippen MR) is 84.2 cm³/mol. The molecule has 1 aliphatic rings. The molecule has 13 nitrogen and oxygen atoms in total. The maximum Gasteiger partial charge on any atom is 0.351 e. The van der Waals surface area contributed by atoms with Crippen molar-refractivity contribution in [3.63, 3.8) is 0 Å². The second-order valence-corrected chi connectivity index (χ2v) is 6.74. The highest BCUT2D eigenvalue weighted by Gasteiger charge is 2.43. The molecule has 0 spiro atoms. The summed E-state index contributed by atoms with van der Waals surface area (Å²) in [6, 6.07) is 0. The lowest BCUT2D eigenvalue weighted by Crippen LogP contribution is -2.36. The normalized spacial score (nSPS) is 28.1. The van der Waals surface area contributed by atoms with Gasteiger partial charge < -0.3 is 35.6 Å². The van der Waals surface area contributed by atoms with E-state index >= 15 is 0 Å². The summed E-state index contributed by atoms with van der Waals surface area (Å²) in [5, 5.41) is 28.4. The summed E-state index contributed by atoms with van der Waals surface area (Å²) in [7, 11) is -6.40. The third kappa shape index (κ3) is 5.96. The molecule has 144 valence electrons. The molecule has 2 rings (SSSR count). The van der Waals surface area contributed by atoms with Gasteiger partial charge in [-0.2, -0.15) is 4.98 Å². The summed E-state index contributed by atoms with van der Waals surface area (Å²) in [4.78, 5) is 30.7. The Morgan fingerprint density at radius 3 is 2.28 bits per heavy atom. The van der Waals surface area contributed by atoms with Gasteiger partial charge in [0.1, 0.15) is 24.1 Å². The molecule has 1 aromatic heterocycles. The van der Waals surface area contributed by atoms with Gasteiger partial charge in [0.2, 0.25) is 0 Å². The maximum atomic E-state index is 11.7. The minimum atomic E-state index is -3.20. The molecule has 25 heavy (non-hydrogen) atoms. The van der Waals surface area contributed by atoms with E-state index in [-0.39, 0.29) is 5.82 Å². The molecule has 1 aromatic rings. The van der Waals surface area contributed by atoms with Gasteiger partial charge in [-0.1, -0.05) is 0 Å². The first-order valence-electron chi connectivity index (χ1n) is 6.69. The molecule has 0 aromatic carbocycles. The highest BCUT2D eigenvalue weighted by atomic mass is 31.2. The average Bonchev–Trinajstić information content (AvgIpc) is 2.78. The topological polar surface area (TPSA) is 215 Å². The van der Waals surface area contributed by atoms with Gasteiger partial charge in [0.15, 0.2) is 6.23 Å². The van der Waals surface area contributed by atoms with Gasteiger partial charge in [-0.15, -0.1) is 0 Å². The summed E-state index contributed by atoms with van der Waals surface area (Å²) >= 11 is 0. The van der Waals surface area contributed by atoms with Crippen LogP contribution in [0, 0.1) is 6.92 Å². The molecule has 1 saturated heterocycles. The van der Waals surface area contributed by atoms with Crippen molar-refractivity contribution in [2.45, 2.75) is 31.5 Å². The Morgan fingerprint density at radius 2 is 1.88 bits per heavy atom. The monoisotopic (exact) mass is 403 g/mol. The summed E-state index contributed by atoms with van der Waals surface area (Å²) in [6.07, 6.45) is -3.20. The number of aliphatic hydroxyl groups excluding tert-OH is 3. The summed E-state index contributed by atoms with van der Waals surface area (Å²) in [5.74, 6) is 0.1000. The second-order valence-electron chi connectivity index (χ2n) is 4.86. The highest BCUT2D eigenvalue weighted by molar-refractivity contribution is 7.46. The first-order chi connectivity index (χ1) is 11.6. The van der Waals surface area contributed by atoms with Gasteiger partial charge in [0.05, 0.1) is 6.61 Å². The van der Waals surface area contributed by atoms with Crippen LogP contribution in [0.25, 0.3) is 0 Å². The van der Waals surface area contributed by atoms with Gasteiger partial charge in [-0.3, -0.25) is 13.7 Å². The van der Waals surface area contributed by atoms with Crippen LogP contribution in [0.3, 0.4) is 0 Å². The third-order valence-electron chi connectivity index (χ3n) is 3.14. The van der Waals surface area contributed by atoms with Crippen molar-refractivity contribution in [2.24, 2.45) is 0 Å². The Kier molecular flexibility index (Phi) is 8.35. The molecule has 1 fully saturated rings. The highest BCUT2D eigenvalue weighted by Crippen LogP contribution is 2.30. The fraction of sp³-hybridized carbons (Fsp3) is 0.600. The Hall–Kier alpha value is -1.14. The van der Waals surface area contributed by atoms with E-state index < -0.39 is 53.3 Å². The van der Waals surface area contributed by atoms with Gasteiger partial charge in [-0.25, -0.2) is 9.11 Å². The maximum absolute atomic E-state index is 11.7. The Morgan fingerprint density at radius 1 is 1.32 bits per heavy atom. The van der Waals surface area contributed by atoms with E-state index in [1.165, 1.54) is 6.20 Å². The first kappa shape index (κ1) is 21.9. The molecular weight excluding hydrogens is 384 g/mol. The SMILES string of the molecule is Cc1cn([C@@H]2O[C@H](CO)[C@@H](O)[C@H]2O)c(=O)nc1N.O=[PH](O)O[PH](=O)O. The Bertz CT molecular complexity index is 686. The molecule has 1 aliphatic heterocycles. The molecule has 0 radical (unpaired) electrons. The van der Waals surface area contributed by atoms with Crippen LogP contribution < -0.4 is 11.4 Å². The number of nitrogens with two attached hydrogens (primary N) is 1. The quantitative estimate of drug-likeness (QED) is 0.288. The molecule has 15 heteroatoms. The van der Waals surface area contributed by atoms with Crippen molar-refractivity contribution in [2.75, 3.05) is 12.3 Å². The van der Waals surface area contributed by atoms with E-state index in [1.54, 1.807) is 6.92 Å². The summed E-state index contributed by atoms with van der Waals surface area (Å²) in [6.45, 7) is 1.20. The smallest absolute Gasteiger partial charge is 0.351 e. The standard InChI is InChI=1S/C10H15N3O5.H4O5P2/c1-4-2-13(10(17)12-8(4)11)9-7(16)6(15)5(3-14)18-9;1-6(2)5-7(3)4/h2,5-7,9,14-16H,3H2,1H3,(H2,11,12,17);6-7H,(H,1,2)(H,3,4)/t5-,6-,7-,9-;/m1./s1. The number of hydrogen-bond donors (Lipinski definition) is 6. The summed E-state index contributed by atoms with van der Waals surface area (Å²) < 4.78 is 28.6. The zero-order valence-electron chi connectivity index (χ0n) is 12.8. The number of ether oxygens (including phenoxy) is 1. The van der Waals surface area contributed by atoms with Crippen molar-refractivity contribution in [3.8, 4) is 0 Å². The van der Waals surface area contributed by atoms with E-state index in [2.05, 4.69) is 9.29 Å². The molecule has 7 N–H and O–H groups in total. The fourth-order valence-electron chi connectivity index (χ4n) is 1.95. The van der Waals surface area contributed by atoms with Crippen LogP contribution in [-0.2, 0) is 18.2 Å². The molecule has 0 saturated carbocycles. The lowest BCUT2D eigenvalue weighted by Gasteiger charge is -2.17. The number of aryl methyl sites for hydroxylation is 1. The van der Waals surface area contributed by atoms with E-state index in [9.17, 15) is 24.1 Å². The third-order valence-corrected chi connectivity index (χ3v) is 4.54. The van der Waals surface area contributed by atoms with Gasteiger partial charge in [0.25, 0.3) is 0 Å². The van der Waals surface area contributed by atoms with Crippen molar-refractivity contribution in [1.29, 1.82) is 0 Å². The van der Waals surface area contributed by atoms with Crippen LogP contribution in [0.1, 0.15) is 11.8 Å². The van der Waals surface area contributed by atoms with Crippen LogP contribution in [0.2, 0.25) is 0 Å². The van der Waals surface area contributed by atoms with Crippen LogP contribution in [-0.4, -0.2) is 59.6 Å². The van der Waals surface area contributed by atoms with E-state index in [4.69, 9.17) is 25.4 Å². The van der Waals surface area contributed by atoms with Crippen molar-refractivity contribution in [1.82, 2.24) is 9.55 Å². The fourth-order valence-corrected chi connectivity index (χ4v) is 2.54. The average molecular weight is 403 g/mol. The Balaban J connectivity index is 0.000000381. The van der Waals surface area contributed by atoms with Crippen molar-refractivity contribution < 1.29 is 43.3 Å². The molecule has 6 atom stereocenters. The van der Waals surface area contributed by atoms with Crippen LogP contribution >= 0.6 is 16.5 Å². The Labute approximate surface area is 142 Å². The van der Waals surface area contributed by atoms with E-state index in [1.807, 2.05) is 0 Å². The summed E-state index contributed by atoms with van der Waals surface area (Å²) in [5.41, 5.74) is 5.35. The van der Waals surface area contributed by atoms with Gasteiger partial charge in [-0.05, 0) is 6.92 Å². The number of nitrogen functional groups attached to an aromatic ring is 1. The molecule has 0 amide bonds. The number of anilines is 1. The molecule has 2 heterocycles. The van der Waals surface area contributed by atoms with Crippen LogP contribution in [0.15, 0.2) is 11.0 Å². The zero-order valence-corrected chi connectivity index (χ0v) is 14.8. The lowest BCUT2D eigenvalue weighted by molar-refractivity contribution is -0.0550. The largest absolute Gasteiger partial charge is 0.394 e. The van der Waals surface area contributed by atoms with E-state index in [0.717, 1.165) is 4.57 Å². The second kappa shape index (κ2) is 9.53. The number of hydrogen-bond acceptors (Lipinski definition) is 10.